The number of nitrogens with two attached hydrogens (primary N) is 2. The maximum absolute atomic E-state index is 5.92. The summed E-state index contributed by atoms with van der Waals surface area (Å²) in [7, 11) is 1.81. The van der Waals surface area contributed by atoms with Crippen molar-refractivity contribution in [2.75, 3.05) is 20.2 Å². The standard InChI is InChI=1S/C11H24N2O/c1-14-10-5-2-3-6-11(10,9-13)7-4-8-12/h10H,2-9,12-13H2,1H3. The Morgan fingerprint density at radius 2 is 2.14 bits per heavy atom. The van der Waals surface area contributed by atoms with Crippen molar-refractivity contribution in [1.29, 1.82) is 0 Å². The largest absolute Gasteiger partial charge is 0.381 e. The molecule has 0 amide bonds. The fourth-order valence-corrected chi connectivity index (χ4v) is 2.72. The number of rotatable bonds is 5. The predicted molar refractivity (Wildman–Crippen MR) is 59.0 cm³/mol. The molecule has 2 unspecified atom stereocenters. The summed E-state index contributed by atoms with van der Waals surface area (Å²) in [5.41, 5.74) is 11.7. The molecule has 0 aromatic rings. The Morgan fingerprint density at radius 3 is 2.71 bits per heavy atom. The van der Waals surface area contributed by atoms with Crippen molar-refractivity contribution in [3.05, 3.63) is 0 Å². The summed E-state index contributed by atoms with van der Waals surface area (Å²) in [6.07, 6.45) is 7.49. The van der Waals surface area contributed by atoms with Gasteiger partial charge in [0.05, 0.1) is 6.10 Å². The Kier molecular flexibility index (Phi) is 4.85. The highest BCUT2D eigenvalue weighted by Gasteiger charge is 2.39. The van der Waals surface area contributed by atoms with Crippen LogP contribution >= 0.6 is 0 Å². The Hall–Kier alpha value is -0.120. The van der Waals surface area contributed by atoms with Crippen LogP contribution in [0.4, 0.5) is 0 Å². The first-order valence-corrected chi connectivity index (χ1v) is 5.72. The quantitative estimate of drug-likeness (QED) is 0.702. The highest BCUT2D eigenvalue weighted by atomic mass is 16.5. The summed E-state index contributed by atoms with van der Waals surface area (Å²) in [6.45, 7) is 1.50. The highest BCUT2D eigenvalue weighted by Crippen LogP contribution is 2.40. The summed E-state index contributed by atoms with van der Waals surface area (Å²) < 4.78 is 5.57. The fraction of sp³-hybridized carbons (Fsp3) is 1.00. The van der Waals surface area contributed by atoms with Crippen molar-refractivity contribution in [3.63, 3.8) is 0 Å². The van der Waals surface area contributed by atoms with E-state index in [9.17, 15) is 0 Å². The van der Waals surface area contributed by atoms with Gasteiger partial charge in [-0.15, -0.1) is 0 Å². The van der Waals surface area contributed by atoms with Gasteiger partial charge in [0.2, 0.25) is 0 Å². The maximum Gasteiger partial charge on any atom is 0.0639 e. The van der Waals surface area contributed by atoms with Crippen molar-refractivity contribution in [3.8, 4) is 0 Å². The number of hydrogen-bond donors (Lipinski definition) is 2. The van der Waals surface area contributed by atoms with E-state index in [0.29, 0.717) is 6.10 Å². The van der Waals surface area contributed by atoms with Crippen molar-refractivity contribution in [2.45, 2.75) is 44.6 Å². The number of ether oxygens (including phenoxy) is 1. The summed E-state index contributed by atoms with van der Waals surface area (Å²) in [5.74, 6) is 0. The van der Waals surface area contributed by atoms with Crippen molar-refractivity contribution in [2.24, 2.45) is 16.9 Å². The normalized spacial score (nSPS) is 33.2. The SMILES string of the molecule is COC1CCCCC1(CN)CCCN. The second-order valence-corrected chi connectivity index (χ2v) is 4.43. The third-order valence-corrected chi connectivity index (χ3v) is 3.64. The number of hydrogen-bond acceptors (Lipinski definition) is 3. The van der Waals surface area contributed by atoms with Crippen molar-refractivity contribution >= 4 is 0 Å². The van der Waals surface area contributed by atoms with Crippen LogP contribution in [0.25, 0.3) is 0 Å². The van der Waals surface area contributed by atoms with E-state index in [2.05, 4.69) is 0 Å². The van der Waals surface area contributed by atoms with Crippen LogP contribution in [-0.4, -0.2) is 26.3 Å². The smallest absolute Gasteiger partial charge is 0.0639 e. The minimum atomic E-state index is 0.215. The molecule has 4 N–H and O–H groups in total. The lowest BCUT2D eigenvalue weighted by atomic mass is 9.69. The average molecular weight is 200 g/mol. The maximum atomic E-state index is 5.92. The second-order valence-electron chi connectivity index (χ2n) is 4.43. The molecule has 0 saturated heterocycles. The lowest BCUT2D eigenvalue weighted by molar-refractivity contribution is -0.0435. The molecule has 3 nitrogen and oxygen atoms in total. The van der Waals surface area contributed by atoms with Crippen molar-refractivity contribution in [1.82, 2.24) is 0 Å². The molecule has 1 fully saturated rings. The summed E-state index contributed by atoms with van der Waals surface area (Å²) in [4.78, 5) is 0. The monoisotopic (exact) mass is 200 g/mol. The van der Waals surface area contributed by atoms with Crippen LogP contribution in [0.3, 0.4) is 0 Å². The van der Waals surface area contributed by atoms with E-state index in [-0.39, 0.29) is 5.41 Å². The van der Waals surface area contributed by atoms with E-state index in [1.54, 1.807) is 0 Å². The summed E-state index contributed by atoms with van der Waals surface area (Å²) in [6, 6.07) is 0. The Labute approximate surface area is 87.2 Å². The van der Waals surface area contributed by atoms with Gasteiger partial charge in [-0.3, -0.25) is 0 Å². The van der Waals surface area contributed by atoms with Gasteiger partial charge in [0.25, 0.3) is 0 Å². The van der Waals surface area contributed by atoms with Gasteiger partial charge in [-0.25, -0.2) is 0 Å². The van der Waals surface area contributed by atoms with Crippen LogP contribution in [0.1, 0.15) is 38.5 Å². The molecule has 1 aliphatic rings. The Morgan fingerprint density at radius 1 is 1.36 bits per heavy atom. The lowest BCUT2D eigenvalue weighted by Gasteiger charge is -2.42. The van der Waals surface area contributed by atoms with Crippen LogP contribution in [0.2, 0.25) is 0 Å². The van der Waals surface area contributed by atoms with Crippen LogP contribution in [-0.2, 0) is 4.74 Å². The highest BCUT2D eigenvalue weighted by molar-refractivity contribution is 4.91. The molecule has 1 saturated carbocycles. The number of methoxy groups -OCH3 is 1. The van der Waals surface area contributed by atoms with E-state index in [1.165, 1.54) is 19.3 Å². The molecule has 0 aliphatic heterocycles. The van der Waals surface area contributed by atoms with Gasteiger partial charge in [0, 0.05) is 19.1 Å². The topological polar surface area (TPSA) is 61.3 Å². The molecule has 0 bridgehead atoms. The fourth-order valence-electron chi connectivity index (χ4n) is 2.72. The molecule has 14 heavy (non-hydrogen) atoms. The molecular formula is C11H24N2O. The first-order chi connectivity index (χ1) is 6.79. The van der Waals surface area contributed by atoms with Crippen LogP contribution in [0.15, 0.2) is 0 Å². The molecular weight excluding hydrogens is 176 g/mol. The Balaban J connectivity index is 2.60. The third kappa shape index (κ3) is 2.47. The van der Waals surface area contributed by atoms with Gasteiger partial charge >= 0.3 is 0 Å². The van der Waals surface area contributed by atoms with E-state index < -0.39 is 0 Å². The first-order valence-electron chi connectivity index (χ1n) is 5.72. The lowest BCUT2D eigenvalue weighted by Crippen LogP contribution is -2.45. The van der Waals surface area contributed by atoms with Crippen LogP contribution in [0.5, 0.6) is 0 Å². The predicted octanol–water partition coefficient (Wildman–Crippen LogP) is 1.26. The third-order valence-electron chi connectivity index (χ3n) is 3.64. The Bertz CT molecular complexity index is 163. The first kappa shape index (κ1) is 12.0. The van der Waals surface area contributed by atoms with Crippen LogP contribution < -0.4 is 11.5 Å². The van der Waals surface area contributed by atoms with E-state index in [0.717, 1.165) is 32.4 Å². The minimum Gasteiger partial charge on any atom is -0.381 e. The zero-order valence-corrected chi connectivity index (χ0v) is 9.30. The van der Waals surface area contributed by atoms with Gasteiger partial charge in [-0.05, 0) is 32.2 Å². The van der Waals surface area contributed by atoms with Gasteiger partial charge in [-0.1, -0.05) is 12.8 Å². The van der Waals surface area contributed by atoms with Crippen molar-refractivity contribution < 1.29 is 4.74 Å². The molecule has 0 aromatic heterocycles. The minimum absolute atomic E-state index is 0.215. The zero-order chi connectivity index (χ0) is 10.4. The van der Waals surface area contributed by atoms with E-state index in [4.69, 9.17) is 16.2 Å². The zero-order valence-electron chi connectivity index (χ0n) is 9.30. The van der Waals surface area contributed by atoms with Crippen LogP contribution in [0, 0.1) is 5.41 Å². The van der Waals surface area contributed by atoms with Gasteiger partial charge in [0.15, 0.2) is 0 Å². The molecule has 3 heteroatoms. The molecule has 1 rings (SSSR count). The molecule has 1 aliphatic carbocycles. The molecule has 0 spiro atoms. The summed E-state index contributed by atoms with van der Waals surface area (Å²) >= 11 is 0. The second kappa shape index (κ2) is 5.69. The molecule has 0 aromatic carbocycles. The molecule has 84 valence electrons. The molecule has 2 atom stereocenters. The molecule has 0 radical (unpaired) electrons. The average Bonchev–Trinajstić information content (AvgIpc) is 2.26. The molecule has 0 heterocycles. The van der Waals surface area contributed by atoms with E-state index in [1.807, 2.05) is 7.11 Å². The summed E-state index contributed by atoms with van der Waals surface area (Å²) in [5, 5.41) is 0. The van der Waals surface area contributed by atoms with Gasteiger partial charge in [-0.2, -0.15) is 0 Å². The van der Waals surface area contributed by atoms with E-state index >= 15 is 0 Å². The van der Waals surface area contributed by atoms with Gasteiger partial charge in [0.1, 0.15) is 0 Å². The van der Waals surface area contributed by atoms with Gasteiger partial charge < -0.3 is 16.2 Å².